The van der Waals surface area contributed by atoms with E-state index >= 15 is 0 Å². The number of fused-ring (bicyclic) bond motifs is 2. The molecule has 0 saturated carbocycles. The number of hydrogen-bond acceptors (Lipinski definition) is 21. The Hall–Kier alpha value is -5.46. The molecule has 0 aromatic heterocycles. The molecule has 0 amide bonds. The number of ether oxygens (including phenoxy) is 4. The zero-order valence-electron chi connectivity index (χ0n) is 65.8. The molecule has 21 nitrogen and oxygen atoms in total. The maximum atomic E-state index is 11.7. The molecule has 104 heavy (non-hydrogen) atoms. The minimum atomic E-state index is -2.59. The van der Waals surface area contributed by atoms with E-state index in [2.05, 4.69) is 36.9 Å². The summed E-state index contributed by atoms with van der Waals surface area (Å²) in [6, 6.07) is 43.6. The van der Waals surface area contributed by atoms with Crippen LogP contribution in [0.4, 0.5) is 4.79 Å². The van der Waals surface area contributed by atoms with Gasteiger partial charge in [-0.2, -0.15) is 0 Å². The molecule has 0 bridgehead atoms. The second-order valence-corrected chi connectivity index (χ2v) is 38.4. The Balaban J connectivity index is 0.000000342. The van der Waals surface area contributed by atoms with Gasteiger partial charge in [0.1, 0.15) is 34.3 Å². The van der Waals surface area contributed by atoms with Crippen LogP contribution in [0.15, 0.2) is 134 Å². The topological polar surface area (TPSA) is 210 Å². The first kappa shape index (κ1) is 92.8. The van der Waals surface area contributed by atoms with Gasteiger partial charge in [-0.1, -0.05) is 79.4 Å². The Morgan fingerprint density at radius 3 is 1.07 bits per heavy atom. The minimum absolute atomic E-state index is 0.307. The summed E-state index contributed by atoms with van der Waals surface area (Å²) in [4.78, 5) is 22.6. The molecule has 0 N–H and O–H groups in total. The average molecular weight is 1540 g/mol. The minimum Gasteiger partial charge on any atom is -0.500 e. The van der Waals surface area contributed by atoms with Crippen LogP contribution < -0.4 is 23.1 Å². The highest BCUT2D eigenvalue weighted by molar-refractivity contribution is 6.62. The van der Waals surface area contributed by atoms with Gasteiger partial charge in [-0.25, -0.2) is 4.79 Å². The molecule has 0 aliphatic carbocycles. The second kappa shape index (κ2) is 51.8. The summed E-state index contributed by atoms with van der Waals surface area (Å²) in [7, 11) is -9.23. The first-order valence-electron chi connectivity index (χ1n) is 37.4. The van der Waals surface area contributed by atoms with E-state index in [4.69, 9.17) is 85.3 Å². The number of esters is 1. The Kier molecular flexibility index (Phi) is 46.2. The third-order valence-electron chi connectivity index (χ3n) is 15.7. The highest BCUT2D eigenvalue weighted by Crippen LogP contribution is 2.33. The van der Waals surface area contributed by atoms with E-state index in [0.29, 0.717) is 84.2 Å². The van der Waals surface area contributed by atoms with E-state index in [1.54, 1.807) is 47.1 Å². The third kappa shape index (κ3) is 35.5. The summed E-state index contributed by atoms with van der Waals surface area (Å²) in [6.07, 6.45) is 10.5. The fraction of sp³-hybridized carbons (Fsp3) is 0.564. The molecule has 0 radical (unpaired) electrons. The van der Waals surface area contributed by atoms with E-state index in [9.17, 15) is 9.59 Å². The Morgan fingerprint density at radius 2 is 0.760 bits per heavy atom. The Labute approximate surface area is 629 Å². The molecular formula is C78H126O21Si5. The smallest absolute Gasteiger partial charge is 0.500 e. The van der Waals surface area contributed by atoms with Crippen molar-refractivity contribution in [2.24, 2.45) is 0 Å². The molecule has 0 saturated heterocycles. The van der Waals surface area contributed by atoms with Crippen molar-refractivity contribution in [3.8, 4) is 28.7 Å². The van der Waals surface area contributed by atoms with Crippen molar-refractivity contribution >= 4 is 56.1 Å². The van der Waals surface area contributed by atoms with Crippen molar-refractivity contribution in [3.63, 3.8) is 0 Å². The molecule has 2 aliphatic heterocycles. The van der Waals surface area contributed by atoms with Gasteiger partial charge in [0.25, 0.3) is 0 Å². The largest absolute Gasteiger partial charge is 0.566 e. The predicted molar refractivity (Wildman–Crippen MR) is 419 cm³/mol. The lowest BCUT2D eigenvalue weighted by Crippen LogP contribution is -2.48. The molecular weight excluding hydrogens is 1410 g/mol. The summed E-state index contributed by atoms with van der Waals surface area (Å²) >= 11 is 0. The van der Waals surface area contributed by atoms with Crippen LogP contribution in [0.5, 0.6) is 28.7 Å². The zero-order chi connectivity index (χ0) is 76.6. The van der Waals surface area contributed by atoms with Gasteiger partial charge in [0.2, 0.25) is 0 Å². The van der Waals surface area contributed by atoms with Gasteiger partial charge in [-0.3, -0.25) is 4.79 Å². The first-order chi connectivity index (χ1) is 50.1. The predicted octanol–water partition coefficient (Wildman–Crippen LogP) is 18.0. The molecule has 26 heteroatoms. The lowest BCUT2D eigenvalue weighted by Gasteiger charge is -2.28. The van der Waals surface area contributed by atoms with Crippen LogP contribution in [0.25, 0.3) is 0 Å². The van der Waals surface area contributed by atoms with E-state index < -0.39 is 55.8 Å². The van der Waals surface area contributed by atoms with Gasteiger partial charge in [0.15, 0.2) is 0 Å². The molecule has 0 atom stereocenters. The van der Waals surface area contributed by atoms with Crippen molar-refractivity contribution in [2.75, 3.05) is 86.9 Å². The molecule has 7 rings (SSSR count). The SMILES string of the molecule is C=COc1ccc(CCC[Si](OCC)(OCC)OCC)cc1.CCO[Si](CCCc1ccc(OC(=O)OC(C)(C)C)cc1)(OCC)OCC.CCO[Si](CCCc1ccc(OC(C)=O)cc1)(OCC)OCC.CCO[Si]1(OCC)CCCc2ccccc2O1.CO[Si]1(OC)CCCc2ccccc2O1. The lowest BCUT2D eigenvalue weighted by molar-refractivity contribution is -0.131. The molecule has 5 aromatic carbocycles. The van der Waals surface area contributed by atoms with Gasteiger partial charge in [0.05, 0.1) is 6.26 Å². The summed E-state index contributed by atoms with van der Waals surface area (Å²) < 4.78 is 108. The van der Waals surface area contributed by atoms with Crippen LogP contribution >= 0.6 is 0 Å². The Morgan fingerprint density at radius 1 is 0.442 bits per heavy atom. The van der Waals surface area contributed by atoms with Gasteiger partial charge < -0.3 is 85.3 Å². The zero-order valence-corrected chi connectivity index (χ0v) is 70.8. The summed E-state index contributed by atoms with van der Waals surface area (Å²) in [5.74, 6) is 3.40. The standard InChI is InChI=1S/C20H34O6Si.C17H28O5Si.C17H28O4Si.C13H20O3Si.C11H16O3Si/c1-7-22-27(23-8-2,24-9-3)16-10-11-17-12-14-18(15-13-17)25-19(21)26-20(4,5)6;1-5-19-23(20-6-2,21-7-3)14-8-9-16-10-12-17(13-11-16)22-15(4)18;1-5-18-17-13-11-16(12-14-17)10-9-15-22(19-6-2,20-7-3)21-8-4;1-3-14-17(15-4-2)11-7-9-12-8-5-6-10-13(12)16-17;1-12-15(13-2)9-5-7-10-6-3-4-8-11(10)14-15/h12-15H,7-11,16H2,1-6H3;10-13H,5-9,14H2,1-4H3;5,11-14H,1,6-10,15H2,2-4H3;5-6,8,10H,3-4,7,9,11H2,1-2H3;3-4,6,8H,5,7,9H2,1-2H3. The van der Waals surface area contributed by atoms with Crippen LogP contribution in [0.3, 0.4) is 0 Å². The van der Waals surface area contributed by atoms with E-state index in [-0.39, 0.29) is 5.97 Å². The van der Waals surface area contributed by atoms with E-state index in [1.165, 1.54) is 35.4 Å². The van der Waals surface area contributed by atoms with E-state index in [0.717, 1.165) is 117 Å². The molecule has 2 heterocycles. The number of para-hydroxylation sites is 2. The van der Waals surface area contributed by atoms with Crippen molar-refractivity contribution in [1.29, 1.82) is 0 Å². The highest BCUT2D eigenvalue weighted by Gasteiger charge is 2.46. The second-order valence-electron chi connectivity index (χ2n) is 24.7. The first-order valence-corrected chi connectivity index (χ1v) is 47.0. The van der Waals surface area contributed by atoms with Crippen LogP contribution in [0.2, 0.25) is 30.2 Å². The fourth-order valence-corrected chi connectivity index (χ4v) is 23.9. The lowest BCUT2D eigenvalue weighted by atomic mass is 10.1. The third-order valence-corrected chi connectivity index (χ3v) is 30.8. The van der Waals surface area contributed by atoms with Gasteiger partial charge >= 0.3 is 56.1 Å². The molecule has 2 aliphatic rings. The van der Waals surface area contributed by atoms with Crippen molar-refractivity contribution in [2.45, 2.75) is 204 Å². The maximum absolute atomic E-state index is 11.7. The molecule has 0 spiro atoms. The van der Waals surface area contributed by atoms with Crippen molar-refractivity contribution < 1.29 is 94.9 Å². The molecule has 5 aromatic rings. The fourth-order valence-electron chi connectivity index (χ4n) is 11.4. The van der Waals surface area contributed by atoms with Crippen LogP contribution in [-0.4, -0.2) is 149 Å². The summed E-state index contributed by atoms with van der Waals surface area (Å²) in [5.41, 5.74) is 5.55. The average Bonchev–Trinajstić information content (AvgIpc) is 1.66. The number of carbonyl (C=O) groups excluding carboxylic acids is 2. The number of aryl methyl sites for hydroxylation is 5. The van der Waals surface area contributed by atoms with E-state index in [1.807, 2.05) is 155 Å². The van der Waals surface area contributed by atoms with Crippen molar-refractivity contribution in [1.82, 2.24) is 0 Å². The van der Waals surface area contributed by atoms with Gasteiger partial charge in [-0.05, 0) is 237 Å². The number of hydrogen-bond donors (Lipinski definition) is 0. The van der Waals surface area contributed by atoms with Crippen molar-refractivity contribution in [3.05, 3.63) is 162 Å². The Bertz CT molecular complexity index is 3020. The normalized spacial score (nSPS) is 13.7. The molecule has 584 valence electrons. The van der Waals surface area contributed by atoms with Gasteiger partial charge in [0, 0.05) is 124 Å². The summed E-state index contributed by atoms with van der Waals surface area (Å²) in [6.45, 7) is 38.8. The van der Waals surface area contributed by atoms with Crippen LogP contribution in [0.1, 0.15) is 164 Å². The quantitative estimate of drug-likeness (QED) is 0.0117. The van der Waals surface area contributed by atoms with Crippen LogP contribution in [0, 0.1) is 0 Å². The number of rotatable bonds is 40. The molecule has 0 unspecified atom stereocenters. The number of benzene rings is 5. The highest BCUT2D eigenvalue weighted by atomic mass is 28.4. The maximum Gasteiger partial charge on any atom is 0.566 e. The van der Waals surface area contributed by atoms with Gasteiger partial charge in [-0.15, -0.1) is 0 Å². The van der Waals surface area contributed by atoms with Crippen LogP contribution in [-0.2, 0) is 99.2 Å². The number of carbonyl (C=O) groups is 2. The molecule has 0 fully saturated rings. The monoisotopic (exact) mass is 1540 g/mol. The summed E-state index contributed by atoms with van der Waals surface area (Å²) in [5, 5.41) is 0.